The van der Waals surface area contributed by atoms with E-state index in [1.165, 1.54) is 0 Å². The Hall–Kier alpha value is -3.16. The number of ether oxygens (including phenoxy) is 2. The molecule has 0 spiro atoms. The SMILES string of the molecule is COc1ccc(/C(O)=C2\C(=O)C(=O)N(CCN3CCOCC3)C2c2ccc(C)cc2)c(C)c1. The van der Waals surface area contributed by atoms with Crippen molar-refractivity contribution in [3.63, 3.8) is 0 Å². The highest BCUT2D eigenvalue weighted by Crippen LogP contribution is 2.40. The monoisotopic (exact) mass is 450 g/mol. The van der Waals surface area contributed by atoms with Gasteiger partial charge in [-0.3, -0.25) is 14.5 Å². The highest BCUT2D eigenvalue weighted by Gasteiger charge is 2.46. The van der Waals surface area contributed by atoms with Crippen LogP contribution in [-0.2, 0) is 14.3 Å². The zero-order valence-electron chi connectivity index (χ0n) is 19.3. The van der Waals surface area contributed by atoms with Crippen molar-refractivity contribution in [1.82, 2.24) is 9.80 Å². The molecule has 1 atom stereocenters. The maximum Gasteiger partial charge on any atom is 0.295 e. The fourth-order valence-corrected chi connectivity index (χ4v) is 4.45. The number of rotatable bonds is 6. The summed E-state index contributed by atoms with van der Waals surface area (Å²) in [5.41, 5.74) is 3.27. The molecule has 0 radical (unpaired) electrons. The molecular weight excluding hydrogens is 420 g/mol. The first-order valence-electron chi connectivity index (χ1n) is 11.2. The van der Waals surface area contributed by atoms with E-state index in [0.29, 0.717) is 37.6 Å². The summed E-state index contributed by atoms with van der Waals surface area (Å²) in [6.45, 7) is 7.77. The van der Waals surface area contributed by atoms with E-state index in [4.69, 9.17) is 9.47 Å². The number of aliphatic hydroxyl groups is 1. The Morgan fingerprint density at radius 2 is 1.76 bits per heavy atom. The van der Waals surface area contributed by atoms with Gasteiger partial charge in [-0.05, 0) is 43.2 Å². The molecule has 2 aromatic rings. The van der Waals surface area contributed by atoms with Gasteiger partial charge in [-0.2, -0.15) is 0 Å². The van der Waals surface area contributed by atoms with Crippen LogP contribution in [0.5, 0.6) is 5.75 Å². The minimum Gasteiger partial charge on any atom is -0.507 e. The number of morpholine rings is 1. The number of hydrogen-bond donors (Lipinski definition) is 1. The van der Waals surface area contributed by atoms with Crippen molar-refractivity contribution >= 4 is 17.4 Å². The standard InChI is InChI=1S/C26H30N2O5/c1-17-4-6-19(7-5-17)23-22(24(29)21-9-8-20(32-3)16-18(21)2)25(30)26(31)28(23)11-10-27-12-14-33-15-13-27/h4-9,16,23,29H,10-15H2,1-3H3/b24-22+. The van der Waals surface area contributed by atoms with Crippen LogP contribution in [-0.4, -0.2) is 73.1 Å². The number of aryl methyl sites for hydroxylation is 2. The van der Waals surface area contributed by atoms with E-state index < -0.39 is 17.7 Å². The summed E-state index contributed by atoms with van der Waals surface area (Å²) in [6.07, 6.45) is 0. The molecule has 0 aliphatic carbocycles. The number of amides is 1. The molecule has 7 nitrogen and oxygen atoms in total. The molecule has 2 aromatic carbocycles. The maximum absolute atomic E-state index is 13.2. The molecule has 4 rings (SSSR count). The van der Waals surface area contributed by atoms with Gasteiger partial charge in [-0.25, -0.2) is 0 Å². The third-order valence-corrected chi connectivity index (χ3v) is 6.38. The van der Waals surface area contributed by atoms with Crippen molar-refractivity contribution < 1.29 is 24.2 Å². The van der Waals surface area contributed by atoms with Crippen molar-refractivity contribution in [3.05, 3.63) is 70.3 Å². The highest BCUT2D eigenvalue weighted by molar-refractivity contribution is 6.46. The molecule has 2 saturated heterocycles. The number of Topliss-reactive ketones (excluding diaryl/α,β-unsaturated/α-hetero) is 1. The molecule has 2 fully saturated rings. The Bertz CT molecular complexity index is 1070. The van der Waals surface area contributed by atoms with Gasteiger partial charge < -0.3 is 19.5 Å². The first-order valence-corrected chi connectivity index (χ1v) is 11.2. The van der Waals surface area contributed by atoms with Gasteiger partial charge in [-0.1, -0.05) is 29.8 Å². The van der Waals surface area contributed by atoms with Gasteiger partial charge in [-0.15, -0.1) is 0 Å². The van der Waals surface area contributed by atoms with E-state index >= 15 is 0 Å². The minimum absolute atomic E-state index is 0.124. The van der Waals surface area contributed by atoms with E-state index in [2.05, 4.69) is 4.90 Å². The fourth-order valence-electron chi connectivity index (χ4n) is 4.45. The number of ketones is 1. The molecule has 2 heterocycles. The second-order valence-electron chi connectivity index (χ2n) is 8.54. The van der Waals surface area contributed by atoms with Crippen LogP contribution in [0.25, 0.3) is 5.76 Å². The summed E-state index contributed by atoms with van der Waals surface area (Å²) < 4.78 is 10.7. The molecule has 2 aliphatic rings. The smallest absolute Gasteiger partial charge is 0.295 e. The van der Waals surface area contributed by atoms with Crippen LogP contribution in [0.4, 0.5) is 0 Å². The molecule has 0 aromatic heterocycles. The fraction of sp³-hybridized carbons (Fsp3) is 0.385. The second-order valence-corrected chi connectivity index (χ2v) is 8.54. The molecule has 0 saturated carbocycles. The lowest BCUT2D eigenvalue weighted by atomic mass is 9.93. The third kappa shape index (κ3) is 4.65. The van der Waals surface area contributed by atoms with Crippen LogP contribution >= 0.6 is 0 Å². The van der Waals surface area contributed by atoms with Gasteiger partial charge in [0.15, 0.2) is 0 Å². The van der Waals surface area contributed by atoms with Crippen LogP contribution in [0.3, 0.4) is 0 Å². The highest BCUT2D eigenvalue weighted by atomic mass is 16.5. The summed E-state index contributed by atoms with van der Waals surface area (Å²) in [4.78, 5) is 30.1. The quantitative estimate of drug-likeness (QED) is 0.414. The molecule has 1 N–H and O–H groups in total. The van der Waals surface area contributed by atoms with Crippen LogP contribution < -0.4 is 4.74 Å². The van der Waals surface area contributed by atoms with Crippen molar-refractivity contribution in [3.8, 4) is 5.75 Å². The minimum atomic E-state index is -0.657. The van der Waals surface area contributed by atoms with E-state index in [1.807, 2.05) is 38.1 Å². The van der Waals surface area contributed by atoms with Gasteiger partial charge in [0, 0.05) is 31.7 Å². The van der Waals surface area contributed by atoms with Gasteiger partial charge in [0.1, 0.15) is 11.5 Å². The van der Waals surface area contributed by atoms with Crippen LogP contribution in [0, 0.1) is 13.8 Å². The first-order chi connectivity index (χ1) is 15.9. The summed E-state index contributed by atoms with van der Waals surface area (Å²) >= 11 is 0. The van der Waals surface area contributed by atoms with Crippen molar-refractivity contribution in [1.29, 1.82) is 0 Å². The average Bonchev–Trinajstić information content (AvgIpc) is 3.08. The number of aliphatic hydroxyl groups excluding tert-OH is 1. The number of benzene rings is 2. The number of nitrogens with zero attached hydrogens (tertiary/aromatic N) is 2. The van der Waals surface area contributed by atoms with Crippen LogP contribution in [0.2, 0.25) is 0 Å². The van der Waals surface area contributed by atoms with E-state index in [9.17, 15) is 14.7 Å². The largest absolute Gasteiger partial charge is 0.507 e. The molecule has 1 unspecified atom stereocenters. The van der Waals surface area contributed by atoms with E-state index in [-0.39, 0.29) is 11.3 Å². The molecule has 174 valence electrons. The Labute approximate surface area is 194 Å². The molecule has 1 amide bonds. The summed E-state index contributed by atoms with van der Waals surface area (Å²) in [5.74, 6) is -0.741. The predicted molar refractivity (Wildman–Crippen MR) is 125 cm³/mol. The summed E-state index contributed by atoms with van der Waals surface area (Å²) in [5, 5.41) is 11.3. The number of methoxy groups -OCH3 is 1. The number of carbonyl (C=O) groups excluding carboxylic acids is 2. The van der Waals surface area contributed by atoms with Crippen LogP contribution in [0.15, 0.2) is 48.0 Å². The van der Waals surface area contributed by atoms with Gasteiger partial charge in [0.2, 0.25) is 0 Å². The normalized spacial score (nSPS) is 20.9. The molecular formula is C26H30N2O5. The third-order valence-electron chi connectivity index (χ3n) is 6.38. The average molecular weight is 451 g/mol. The maximum atomic E-state index is 13.2. The Morgan fingerprint density at radius 3 is 2.39 bits per heavy atom. The molecule has 2 aliphatic heterocycles. The van der Waals surface area contributed by atoms with Gasteiger partial charge in [0.05, 0.1) is 31.9 Å². The zero-order chi connectivity index (χ0) is 23.5. The van der Waals surface area contributed by atoms with Crippen molar-refractivity contribution in [2.75, 3.05) is 46.5 Å². The van der Waals surface area contributed by atoms with Gasteiger partial charge >= 0.3 is 0 Å². The van der Waals surface area contributed by atoms with Crippen molar-refractivity contribution in [2.24, 2.45) is 0 Å². The lowest BCUT2D eigenvalue weighted by molar-refractivity contribution is -0.140. The van der Waals surface area contributed by atoms with E-state index in [0.717, 1.165) is 29.8 Å². The number of carbonyl (C=O) groups is 2. The van der Waals surface area contributed by atoms with Crippen LogP contribution in [0.1, 0.15) is 28.3 Å². The van der Waals surface area contributed by atoms with Crippen molar-refractivity contribution in [2.45, 2.75) is 19.9 Å². The topological polar surface area (TPSA) is 79.3 Å². The zero-order valence-corrected chi connectivity index (χ0v) is 19.3. The number of hydrogen-bond acceptors (Lipinski definition) is 6. The summed E-state index contributed by atoms with van der Waals surface area (Å²) in [6, 6.07) is 12.3. The Morgan fingerprint density at radius 1 is 1.06 bits per heavy atom. The van der Waals surface area contributed by atoms with E-state index in [1.54, 1.807) is 30.2 Å². The number of likely N-dealkylation sites (tertiary alicyclic amines) is 1. The predicted octanol–water partition coefficient (Wildman–Crippen LogP) is 3.07. The first kappa shape index (κ1) is 23.0. The Balaban J connectivity index is 1.75. The lowest BCUT2D eigenvalue weighted by Gasteiger charge is -2.31. The molecule has 0 bridgehead atoms. The Kier molecular flexibility index (Phi) is 6.81. The van der Waals surface area contributed by atoms with Gasteiger partial charge in [0.25, 0.3) is 11.7 Å². The molecule has 33 heavy (non-hydrogen) atoms. The molecule has 7 heteroatoms. The summed E-state index contributed by atoms with van der Waals surface area (Å²) in [7, 11) is 1.58. The second kappa shape index (κ2) is 9.77. The lowest BCUT2D eigenvalue weighted by Crippen LogP contribution is -2.42.